The summed E-state index contributed by atoms with van der Waals surface area (Å²) in [5, 5.41) is 11.8. The fourth-order valence-corrected chi connectivity index (χ4v) is 6.11. The van der Waals surface area contributed by atoms with Crippen LogP contribution in [0.2, 0.25) is 5.02 Å². The van der Waals surface area contributed by atoms with Crippen molar-refractivity contribution in [2.45, 2.75) is 71.5 Å². The van der Waals surface area contributed by atoms with Crippen LogP contribution in [-0.4, -0.2) is 86.7 Å². The van der Waals surface area contributed by atoms with E-state index in [2.05, 4.69) is 39.2 Å². The predicted molar refractivity (Wildman–Crippen MR) is 157 cm³/mol. The van der Waals surface area contributed by atoms with E-state index < -0.39 is 0 Å². The van der Waals surface area contributed by atoms with Crippen LogP contribution in [0.4, 0.5) is 11.8 Å². The molecule has 3 aromatic rings. The summed E-state index contributed by atoms with van der Waals surface area (Å²) in [6, 6.07) is 8.74. The average molecular weight is 567 g/mol. The summed E-state index contributed by atoms with van der Waals surface area (Å²) in [7, 11) is 0. The van der Waals surface area contributed by atoms with E-state index in [-0.39, 0.29) is 11.9 Å². The van der Waals surface area contributed by atoms with Crippen molar-refractivity contribution in [1.82, 2.24) is 30.0 Å². The first-order chi connectivity index (χ1) is 19.4. The first kappa shape index (κ1) is 28.3. The molecule has 11 heteroatoms. The van der Waals surface area contributed by atoms with E-state index in [1.165, 1.54) is 0 Å². The van der Waals surface area contributed by atoms with Crippen LogP contribution in [0.3, 0.4) is 0 Å². The smallest absolute Gasteiger partial charge is 0.315 e. The number of likely N-dealkylation sites (tertiary alicyclic amines) is 1. The fourth-order valence-electron chi connectivity index (χ4n) is 5.98. The van der Waals surface area contributed by atoms with Crippen LogP contribution < -0.4 is 10.2 Å². The first-order valence-electron chi connectivity index (χ1n) is 14.4. The minimum atomic E-state index is 0.0919. The molecule has 0 spiro atoms. The Morgan fingerprint density at radius 2 is 1.88 bits per heavy atom. The number of hydrogen-bond acceptors (Lipinski definition) is 9. The minimum Gasteiger partial charge on any atom is -0.402 e. The van der Waals surface area contributed by atoms with Crippen molar-refractivity contribution in [3.63, 3.8) is 0 Å². The van der Waals surface area contributed by atoms with Crippen LogP contribution in [-0.2, 0) is 0 Å². The molecular formula is C29H39ClN8O2. The molecule has 10 nitrogen and oxygen atoms in total. The normalized spacial score (nSPS) is 20.6. The number of aromatic nitrogens is 4. The largest absolute Gasteiger partial charge is 0.402 e. The highest BCUT2D eigenvalue weighted by Crippen LogP contribution is 2.31. The van der Waals surface area contributed by atoms with Crippen molar-refractivity contribution in [1.29, 1.82) is 0 Å². The van der Waals surface area contributed by atoms with Gasteiger partial charge in [0.05, 0.1) is 11.9 Å². The summed E-state index contributed by atoms with van der Waals surface area (Å²) in [4.78, 5) is 29.7. The topological polar surface area (TPSA) is 104 Å². The van der Waals surface area contributed by atoms with Gasteiger partial charge in [-0.2, -0.15) is 0 Å². The predicted octanol–water partition coefficient (Wildman–Crippen LogP) is 4.90. The van der Waals surface area contributed by atoms with E-state index in [0.717, 1.165) is 63.4 Å². The molecule has 0 unspecified atom stereocenters. The second-order valence-corrected chi connectivity index (χ2v) is 11.2. The van der Waals surface area contributed by atoms with Crippen LogP contribution in [0.25, 0.3) is 11.6 Å². The molecule has 0 saturated carbocycles. The Morgan fingerprint density at radius 3 is 2.55 bits per heavy atom. The van der Waals surface area contributed by atoms with Gasteiger partial charge in [0, 0.05) is 61.4 Å². The third-order valence-electron chi connectivity index (χ3n) is 7.98. The van der Waals surface area contributed by atoms with Crippen molar-refractivity contribution in [3.05, 3.63) is 46.7 Å². The number of rotatable bonds is 8. The SMILES string of the molecule is CCC[C@H]1CN(c2ncc(-c3nnc(NCC)o3)nc2C)[C@H](C)CN1C1CCN(C(=O)c2ccc(Cl)cc2)CC1. The zero-order chi connectivity index (χ0) is 28.2. The van der Waals surface area contributed by atoms with E-state index >= 15 is 0 Å². The summed E-state index contributed by atoms with van der Waals surface area (Å²) >= 11 is 6.01. The first-order valence-corrected chi connectivity index (χ1v) is 14.7. The Bertz CT molecular complexity index is 1290. The number of nitrogens with one attached hydrogen (secondary N) is 1. The second-order valence-electron chi connectivity index (χ2n) is 10.8. The number of carbonyl (C=O) groups is 1. The van der Waals surface area contributed by atoms with E-state index in [9.17, 15) is 4.79 Å². The lowest BCUT2D eigenvalue weighted by atomic mass is 9.95. The van der Waals surface area contributed by atoms with Crippen molar-refractivity contribution in [2.75, 3.05) is 42.9 Å². The van der Waals surface area contributed by atoms with Crippen molar-refractivity contribution in [3.8, 4) is 11.6 Å². The fraction of sp³-hybridized carbons (Fsp3) is 0.552. The number of nitrogens with zero attached hydrogens (tertiary/aromatic N) is 7. The maximum Gasteiger partial charge on any atom is 0.315 e. The molecule has 40 heavy (non-hydrogen) atoms. The van der Waals surface area contributed by atoms with E-state index in [1.54, 1.807) is 18.3 Å². The molecule has 2 atom stereocenters. The minimum absolute atomic E-state index is 0.0919. The number of anilines is 2. The molecule has 0 aliphatic carbocycles. The Labute approximate surface area is 241 Å². The molecule has 0 radical (unpaired) electrons. The van der Waals surface area contributed by atoms with Crippen LogP contribution in [0.15, 0.2) is 34.9 Å². The summed E-state index contributed by atoms with van der Waals surface area (Å²) in [5.74, 6) is 1.36. The van der Waals surface area contributed by atoms with Gasteiger partial charge in [-0.1, -0.05) is 30.0 Å². The van der Waals surface area contributed by atoms with Crippen molar-refractivity contribution in [2.24, 2.45) is 0 Å². The molecule has 2 aromatic heterocycles. The number of carbonyl (C=O) groups excluding carboxylic acids is 1. The number of halogens is 1. The molecule has 1 aromatic carbocycles. The molecule has 1 N–H and O–H groups in total. The monoisotopic (exact) mass is 566 g/mol. The van der Waals surface area contributed by atoms with E-state index in [1.807, 2.05) is 30.9 Å². The number of piperidine rings is 1. The second kappa shape index (κ2) is 12.5. The summed E-state index contributed by atoms with van der Waals surface area (Å²) in [6.45, 7) is 12.6. The number of hydrogen-bond donors (Lipinski definition) is 1. The van der Waals surface area contributed by atoms with Gasteiger partial charge in [-0.25, -0.2) is 9.97 Å². The molecule has 5 rings (SSSR count). The van der Waals surface area contributed by atoms with Gasteiger partial charge >= 0.3 is 6.01 Å². The Morgan fingerprint density at radius 1 is 1.12 bits per heavy atom. The van der Waals surface area contributed by atoms with Gasteiger partial charge in [-0.15, -0.1) is 5.10 Å². The third kappa shape index (κ3) is 6.07. The average Bonchev–Trinajstić information content (AvgIpc) is 3.43. The van der Waals surface area contributed by atoms with Crippen molar-refractivity contribution < 1.29 is 9.21 Å². The Hall–Kier alpha value is -3.24. The van der Waals surface area contributed by atoms with Crippen LogP contribution >= 0.6 is 11.6 Å². The highest BCUT2D eigenvalue weighted by atomic mass is 35.5. The highest BCUT2D eigenvalue weighted by molar-refractivity contribution is 6.30. The van der Waals surface area contributed by atoms with Crippen molar-refractivity contribution >= 4 is 29.3 Å². The van der Waals surface area contributed by atoms with Gasteiger partial charge in [-0.05, 0) is 64.3 Å². The maximum absolute atomic E-state index is 13.0. The van der Waals surface area contributed by atoms with E-state index in [4.69, 9.17) is 26.0 Å². The summed E-state index contributed by atoms with van der Waals surface area (Å²) in [6.07, 6.45) is 5.93. The zero-order valence-corrected chi connectivity index (χ0v) is 24.6. The Kier molecular flexibility index (Phi) is 8.85. The van der Waals surface area contributed by atoms with Gasteiger partial charge in [0.1, 0.15) is 11.5 Å². The lowest BCUT2D eigenvalue weighted by Crippen LogP contribution is -2.62. The number of piperazine rings is 1. The van der Waals surface area contributed by atoms with Gasteiger partial charge in [0.25, 0.3) is 11.8 Å². The third-order valence-corrected chi connectivity index (χ3v) is 8.23. The van der Waals surface area contributed by atoms with Gasteiger partial charge < -0.3 is 19.5 Å². The molecule has 0 bridgehead atoms. The zero-order valence-electron chi connectivity index (χ0n) is 23.8. The standard InChI is InChI=1S/C29H39ClN8O2/c1-5-7-24-18-37(26-20(4)33-25(16-32-26)27-34-35-29(40-27)31-6-2)19(3)17-38(24)23-12-14-36(15-13-23)28(39)21-8-10-22(30)11-9-21/h8-11,16,19,23-24H,5-7,12-15,17-18H2,1-4H3,(H,31,35)/t19-,24+/m1/s1. The molecule has 2 saturated heterocycles. The lowest BCUT2D eigenvalue weighted by molar-refractivity contribution is 0.0422. The van der Waals surface area contributed by atoms with Gasteiger partial charge in [0.2, 0.25) is 0 Å². The number of amides is 1. The highest BCUT2D eigenvalue weighted by Gasteiger charge is 2.38. The van der Waals surface area contributed by atoms with Crippen LogP contribution in [0.5, 0.6) is 0 Å². The van der Waals surface area contributed by atoms with Gasteiger partial charge in [-0.3, -0.25) is 9.69 Å². The maximum atomic E-state index is 13.0. The molecular weight excluding hydrogens is 528 g/mol. The summed E-state index contributed by atoms with van der Waals surface area (Å²) in [5.41, 5.74) is 2.13. The molecule has 4 heterocycles. The van der Waals surface area contributed by atoms with E-state index in [0.29, 0.717) is 46.8 Å². The number of aryl methyl sites for hydroxylation is 1. The van der Waals surface area contributed by atoms with Gasteiger partial charge in [0.15, 0.2) is 0 Å². The quantitative estimate of drug-likeness (QED) is 0.407. The lowest BCUT2D eigenvalue weighted by Gasteiger charge is -2.50. The molecule has 2 aliphatic rings. The number of benzene rings is 1. The van der Waals surface area contributed by atoms with Crippen LogP contribution in [0.1, 0.15) is 62.5 Å². The Balaban J connectivity index is 1.25. The molecule has 2 fully saturated rings. The molecule has 214 valence electrons. The molecule has 1 amide bonds. The van der Waals surface area contributed by atoms with Crippen LogP contribution in [0, 0.1) is 6.92 Å². The summed E-state index contributed by atoms with van der Waals surface area (Å²) < 4.78 is 5.67. The molecule has 2 aliphatic heterocycles.